The second-order valence-electron chi connectivity index (χ2n) is 2.67. The molecule has 15 heavy (non-hydrogen) atoms. The number of hydrogen-bond donors (Lipinski definition) is 0. The summed E-state index contributed by atoms with van der Waals surface area (Å²) in [7, 11) is 1.11. The number of esters is 1. The van der Waals surface area contributed by atoms with Crippen molar-refractivity contribution < 1.29 is 13.9 Å². The zero-order valence-electron chi connectivity index (χ0n) is 7.79. The second kappa shape index (κ2) is 4.84. The quantitative estimate of drug-likeness (QED) is 0.593. The van der Waals surface area contributed by atoms with Crippen LogP contribution in [0.25, 0.3) is 0 Å². The molecule has 6 heteroatoms. The molecule has 0 bridgehead atoms. The lowest BCUT2D eigenvalue weighted by Crippen LogP contribution is -2.07. The number of carbonyl (C=O) groups excluding carboxylic acids is 1. The Morgan fingerprint density at radius 1 is 1.60 bits per heavy atom. The number of carbonyl (C=O) groups is 1. The maximum atomic E-state index is 13.6. The molecule has 0 aliphatic rings. The first-order valence-electron chi connectivity index (χ1n) is 3.96. The van der Waals surface area contributed by atoms with Gasteiger partial charge in [-0.15, -0.1) is 0 Å². The maximum absolute atomic E-state index is 13.6. The Labute approximate surface area is 90.0 Å². The summed E-state index contributed by atoms with van der Waals surface area (Å²) in [6.07, 6.45) is 0. The first-order chi connectivity index (χ1) is 7.11. The monoisotopic (exact) mass is 231 g/mol. The molecule has 0 N–H and O–H groups in total. The molecule has 0 fully saturated rings. The Kier molecular flexibility index (Phi) is 3.74. The predicted molar refractivity (Wildman–Crippen MR) is 52.2 cm³/mol. The van der Waals surface area contributed by atoms with Gasteiger partial charge in [-0.3, -0.25) is 0 Å². The van der Waals surface area contributed by atoms with Gasteiger partial charge in [0.05, 0.1) is 12.1 Å². The van der Waals surface area contributed by atoms with Crippen LogP contribution < -0.4 is 0 Å². The normalized spacial score (nSPS) is 9.80. The molecule has 1 aromatic rings. The molecular weight excluding hydrogens is 225 g/mol. The molecule has 80 valence electrons. The Bertz CT molecular complexity index is 409. The Morgan fingerprint density at radius 2 is 2.27 bits per heavy atom. The number of ether oxygens (including phenoxy) is 1. The molecule has 0 saturated carbocycles. The number of nitroso groups, excluding NO2 is 1. The third kappa shape index (κ3) is 2.30. The minimum absolute atomic E-state index is 0.00907. The molecule has 0 spiro atoms. The number of benzene rings is 1. The van der Waals surface area contributed by atoms with Crippen LogP contribution in [0.5, 0.6) is 0 Å². The van der Waals surface area contributed by atoms with Crippen molar-refractivity contribution in [1.29, 1.82) is 0 Å². The average Bonchev–Trinajstić information content (AvgIpc) is 2.22. The lowest BCUT2D eigenvalue weighted by Gasteiger charge is -2.06. The van der Waals surface area contributed by atoms with E-state index in [-0.39, 0.29) is 22.7 Å². The van der Waals surface area contributed by atoms with Gasteiger partial charge in [0.1, 0.15) is 17.9 Å². The van der Waals surface area contributed by atoms with Crippen molar-refractivity contribution in [3.8, 4) is 0 Å². The van der Waals surface area contributed by atoms with E-state index < -0.39 is 11.8 Å². The lowest BCUT2D eigenvalue weighted by atomic mass is 10.1. The van der Waals surface area contributed by atoms with Crippen LogP contribution in [-0.4, -0.2) is 13.1 Å². The Hall–Kier alpha value is -1.49. The standard InChI is InChI=1S/C9H7ClFNO3/c1-15-9(13)7-6(10)3-2-5(4-12-14)8(7)11/h2-3H,4H2,1H3. The van der Waals surface area contributed by atoms with Crippen LogP contribution in [0.1, 0.15) is 15.9 Å². The molecule has 1 aromatic carbocycles. The van der Waals surface area contributed by atoms with Crippen LogP contribution in [0.3, 0.4) is 0 Å². The number of methoxy groups -OCH3 is 1. The van der Waals surface area contributed by atoms with Gasteiger partial charge in [0.25, 0.3) is 0 Å². The average molecular weight is 232 g/mol. The number of hydrogen-bond acceptors (Lipinski definition) is 4. The minimum atomic E-state index is -0.884. The number of nitrogens with zero attached hydrogens (tertiary/aromatic N) is 1. The fourth-order valence-electron chi connectivity index (χ4n) is 1.08. The lowest BCUT2D eigenvalue weighted by molar-refractivity contribution is 0.0595. The van der Waals surface area contributed by atoms with E-state index in [2.05, 4.69) is 9.91 Å². The van der Waals surface area contributed by atoms with Crippen LogP contribution in [-0.2, 0) is 11.3 Å². The molecule has 0 heterocycles. The summed E-state index contributed by atoms with van der Waals surface area (Å²) in [6.45, 7) is -0.354. The predicted octanol–water partition coefficient (Wildman–Crippen LogP) is 2.53. The fraction of sp³-hybridized carbons (Fsp3) is 0.222. The van der Waals surface area contributed by atoms with E-state index in [4.69, 9.17) is 11.6 Å². The van der Waals surface area contributed by atoms with E-state index in [1.54, 1.807) is 0 Å². The molecule has 0 aliphatic carbocycles. The van der Waals surface area contributed by atoms with Crippen molar-refractivity contribution >= 4 is 17.6 Å². The summed E-state index contributed by atoms with van der Waals surface area (Å²) in [5.74, 6) is -1.75. The third-order valence-electron chi connectivity index (χ3n) is 1.80. The molecule has 0 aromatic heterocycles. The van der Waals surface area contributed by atoms with Gasteiger partial charge >= 0.3 is 5.97 Å². The summed E-state index contributed by atoms with van der Waals surface area (Å²) in [6, 6.07) is 2.61. The van der Waals surface area contributed by atoms with Gasteiger partial charge in [-0.2, -0.15) is 4.91 Å². The van der Waals surface area contributed by atoms with E-state index in [1.807, 2.05) is 0 Å². The van der Waals surface area contributed by atoms with Gasteiger partial charge in [0.15, 0.2) is 0 Å². The summed E-state index contributed by atoms with van der Waals surface area (Å²) >= 11 is 5.63. The van der Waals surface area contributed by atoms with Crippen molar-refractivity contribution in [3.63, 3.8) is 0 Å². The molecule has 0 aliphatic heterocycles. The van der Waals surface area contributed by atoms with Gasteiger partial charge in [-0.1, -0.05) is 22.8 Å². The second-order valence-corrected chi connectivity index (χ2v) is 3.08. The highest BCUT2D eigenvalue weighted by molar-refractivity contribution is 6.33. The zero-order valence-corrected chi connectivity index (χ0v) is 8.55. The zero-order chi connectivity index (χ0) is 11.4. The highest BCUT2D eigenvalue weighted by atomic mass is 35.5. The van der Waals surface area contributed by atoms with Gasteiger partial charge < -0.3 is 4.74 Å². The number of rotatable bonds is 3. The molecule has 0 atom stereocenters. The SMILES string of the molecule is COC(=O)c1c(Cl)ccc(CN=O)c1F. The van der Waals surface area contributed by atoms with E-state index in [9.17, 15) is 14.1 Å². The molecule has 0 radical (unpaired) electrons. The van der Waals surface area contributed by atoms with Crippen molar-refractivity contribution in [2.45, 2.75) is 6.54 Å². The molecular formula is C9H7ClFNO3. The summed E-state index contributed by atoms with van der Waals surface area (Å²) in [5.41, 5.74) is -0.366. The van der Waals surface area contributed by atoms with E-state index in [0.29, 0.717) is 0 Å². The van der Waals surface area contributed by atoms with Crippen LogP contribution in [0.15, 0.2) is 17.3 Å². The molecule has 4 nitrogen and oxygen atoms in total. The van der Waals surface area contributed by atoms with E-state index >= 15 is 0 Å². The highest BCUT2D eigenvalue weighted by Crippen LogP contribution is 2.23. The van der Waals surface area contributed by atoms with Crippen molar-refractivity contribution in [3.05, 3.63) is 39.0 Å². The van der Waals surface area contributed by atoms with Gasteiger partial charge in [0, 0.05) is 5.56 Å². The van der Waals surface area contributed by atoms with Crippen molar-refractivity contribution in [2.75, 3.05) is 7.11 Å². The third-order valence-corrected chi connectivity index (χ3v) is 2.11. The Morgan fingerprint density at radius 3 is 2.80 bits per heavy atom. The molecule has 0 unspecified atom stereocenters. The summed E-state index contributed by atoms with van der Waals surface area (Å²) < 4.78 is 17.9. The molecule has 0 saturated heterocycles. The van der Waals surface area contributed by atoms with Crippen molar-refractivity contribution in [1.82, 2.24) is 0 Å². The van der Waals surface area contributed by atoms with Crippen LogP contribution in [0.2, 0.25) is 5.02 Å². The summed E-state index contributed by atoms with van der Waals surface area (Å²) in [4.78, 5) is 21.2. The largest absolute Gasteiger partial charge is 0.465 e. The maximum Gasteiger partial charge on any atom is 0.342 e. The van der Waals surface area contributed by atoms with Crippen LogP contribution >= 0.6 is 11.6 Å². The van der Waals surface area contributed by atoms with Crippen LogP contribution in [0.4, 0.5) is 4.39 Å². The first-order valence-corrected chi connectivity index (χ1v) is 4.34. The molecule has 0 amide bonds. The topological polar surface area (TPSA) is 55.7 Å². The highest BCUT2D eigenvalue weighted by Gasteiger charge is 2.19. The van der Waals surface area contributed by atoms with Gasteiger partial charge in [0.2, 0.25) is 0 Å². The smallest absolute Gasteiger partial charge is 0.342 e. The van der Waals surface area contributed by atoms with Crippen molar-refractivity contribution in [2.24, 2.45) is 5.18 Å². The van der Waals surface area contributed by atoms with Gasteiger partial charge in [-0.25, -0.2) is 9.18 Å². The van der Waals surface area contributed by atoms with Crippen LogP contribution in [0, 0.1) is 10.7 Å². The summed E-state index contributed by atoms with van der Waals surface area (Å²) in [5, 5.41) is 2.48. The Balaban J connectivity index is 3.29. The molecule has 1 rings (SSSR count). The minimum Gasteiger partial charge on any atom is -0.465 e. The van der Waals surface area contributed by atoms with Gasteiger partial charge in [-0.05, 0) is 6.07 Å². The van der Waals surface area contributed by atoms with E-state index in [0.717, 1.165) is 7.11 Å². The first kappa shape index (κ1) is 11.6. The van der Waals surface area contributed by atoms with E-state index in [1.165, 1.54) is 12.1 Å². The fourth-order valence-corrected chi connectivity index (χ4v) is 1.30. The number of halogens is 2.